The number of likely N-dealkylation sites (tertiary alicyclic amines) is 1. The van der Waals surface area contributed by atoms with Crippen LogP contribution in [0.3, 0.4) is 0 Å². The number of nitrogens with zero attached hydrogens (tertiary/aromatic N) is 1. The van der Waals surface area contributed by atoms with E-state index in [2.05, 4.69) is 29.1 Å². The second-order valence-corrected chi connectivity index (χ2v) is 6.40. The number of hydrogen-bond donors (Lipinski definition) is 3. The van der Waals surface area contributed by atoms with Gasteiger partial charge in [-0.3, -0.25) is 16.1 Å². The third kappa shape index (κ3) is 4.89. The Kier molecular flexibility index (Phi) is 6.12. The van der Waals surface area contributed by atoms with E-state index in [-0.39, 0.29) is 11.9 Å². The van der Waals surface area contributed by atoms with Crippen LogP contribution in [0, 0.1) is 23.7 Å². The van der Waals surface area contributed by atoms with Gasteiger partial charge in [0.1, 0.15) is 0 Å². The maximum Gasteiger partial charge on any atom is 0.254 e. The van der Waals surface area contributed by atoms with Crippen LogP contribution in [0.1, 0.15) is 34.3 Å². The molecule has 5 heteroatoms. The van der Waals surface area contributed by atoms with Crippen LogP contribution in [0.4, 0.5) is 5.69 Å². The van der Waals surface area contributed by atoms with Crippen LogP contribution in [0.25, 0.3) is 0 Å². The molecular formula is C22H22N4O. The molecule has 1 unspecified atom stereocenters. The van der Waals surface area contributed by atoms with Gasteiger partial charge in [0.2, 0.25) is 0 Å². The van der Waals surface area contributed by atoms with Gasteiger partial charge in [-0.25, -0.2) is 0 Å². The molecule has 27 heavy (non-hydrogen) atoms. The number of hydrazine groups is 1. The molecule has 1 aliphatic rings. The smallest absolute Gasteiger partial charge is 0.254 e. The van der Waals surface area contributed by atoms with E-state index in [9.17, 15) is 4.79 Å². The molecule has 0 spiro atoms. The largest absolute Gasteiger partial charge is 0.399 e. The highest BCUT2D eigenvalue weighted by atomic mass is 16.2. The van der Waals surface area contributed by atoms with Crippen molar-refractivity contribution in [2.75, 3.05) is 18.8 Å². The predicted molar refractivity (Wildman–Crippen MR) is 107 cm³/mol. The predicted octanol–water partition coefficient (Wildman–Crippen LogP) is 1.74. The van der Waals surface area contributed by atoms with Crippen molar-refractivity contribution in [3.05, 3.63) is 65.2 Å². The van der Waals surface area contributed by atoms with Crippen molar-refractivity contribution >= 4 is 11.6 Å². The Balaban J connectivity index is 1.64. The number of rotatable bonds is 3. The lowest BCUT2D eigenvalue weighted by Crippen LogP contribution is -2.43. The summed E-state index contributed by atoms with van der Waals surface area (Å²) in [6.07, 6.45) is 1.99. The van der Waals surface area contributed by atoms with Gasteiger partial charge in [0.05, 0.1) is 0 Å². The maximum atomic E-state index is 12.7. The van der Waals surface area contributed by atoms with Crippen molar-refractivity contribution in [2.45, 2.75) is 18.9 Å². The summed E-state index contributed by atoms with van der Waals surface area (Å²) in [5.74, 6) is 17.1. The van der Waals surface area contributed by atoms with Gasteiger partial charge in [-0.1, -0.05) is 11.8 Å². The fourth-order valence-corrected chi connectivity index (χ4v) is 3.09. The van der Waals surface area contributed by atoms with Gasteiger partial charge in [0.15, 0.2) is 0 Å². The first kappa shape index (κ1) is 18.5. The summed E-state index contributed by atoms with van der Waals surface area (Å²) in [5.41, 5.74) is 11.4. The van der Waals surface area contributed by atoms with E-state index in [0.29, 0.717) is 17.8 Å². The second kappa shape index (κ2) is 8.91. The second-order valence-electron chi connectivity index (χ2n) is 6.40. The van der Waals surface area contributed by atoms with Crippen LogP contribution in [-0.2, 0) is 0 Å². The molecule has 0 radical (unpaired) electrons. The van der Waals surface area contributed by atoms with Crippen molar-refractivity contribution in [3.63, 3.8) is 0 Å². The summed E-state index contributed by atoms with van der Waals surface area (Å²) in [7, 11) is 0. The van der Waals surface area contributed by atoms with Gasteiger partial charge in [-0.05, 0) is 73.2 Å². The van der Waals surface area contributed by atoms with E-state index in [1.807, 2.05) is 53.4 Å². The van der Waals surface area contributed by atoms with Crippen LogP contribution in [-0.4, -0.2) is 29.9 Å². The molecule has 0 aliphatic carbocycles. The van der Waals surface area contributed by atoms with Crippen molar-refractivity contribution < 1.29 is 4.79 Å². The molecule has 0 bridgehead atoms. The maximum absolute atomic E-state index is 12.7. The van der Waals surface area contributed by atoms with Crippen molar-refractivity contribution in [3.8, 4) is 23.7 Å². The lowest BCUT2D eigenvalue weighted by Gasteiger charge is -2.24. The molecule has 136 valence electrons. The Morgan fingerprint density at radius 1 is 1.04 bits per heavy atom. The van der Waals surface area contributed by atoms with Gasteiger partial charge in [-0.2, -0.15) is 0 Å². The average molecular weight is 358 g/mol. The molecule has 0 saturated carbocycles. The van der Waals surface area contributed by atoms with Crippen LogP contribution >= 0.6 is 0 Å². The molecule has 1 amide bonds. The minimum atomic E-state index is 0.0374. The van der Waals surface area contributed by atoms with Gasteiger partial charge < -0.3 is 10.6 Å². The third-order valence-corrected chi connectivity index (χ3v) is 4.51. The summed E-state index contributed by atoms with van der Waals surface area (Å²) in [6.45, 7) is 1.38. The Labute approximate surface area is 159 Å². The summed E-state index contributed by atoms with van der Waals surface area (Å²) in [6, 6.07) is 14.8. The zero-order chi connectivity index (χ0) is 19.1. The minimum Gasteiger partial charge on any atom is -0.399 e. The van der Waals surface area contributed by atoms with Crippen molar-refractivity contribution in [1.82, 2.24) is 10.3 Å². The molecule has 2 aromatic rings. The Bertz CT molecular complexity index is 911. The van der Waals surface area contributed by atoms with E-state index >= 15 is 0 Å². The minimum absolute atomic E-state index is 0.0374. The quantitative estimate of drug-likeness (QED) is 0.338. The van der Waals surface area contributed by atoms with Crippen LogP contribution < -0.4 is 17.0 Å². The van der Waals surface area contributed by atoms with Crippen molar-refractivity contribution in [2.24, 2.45) is 5.84 Å². The highest BCUT2D eigenvalue weighted by Crippen LogP contribution is 2.19. The van der Waals surface area contributed by atoms with E-state index in [1.165, 1.54) is 0 Å². The first-order valence-corrected chi connectivity index (χ1v) is 8.89. The molecule has 2 aromatic carbocycles. The number of carbonyl (C=O) groups is 1. The lowest BCUT2D eigenvalue weighted by molar-refractivity contribution is 0.0736. The molecule has 5 N–H and O–H groups in total. The summed E-state index contributed by atoms with van der Waals surface area (Å²) < 4.78 is 0. The van der Waals surface area contributed by atoms with Gasteiger partial charge in [0, 0.05) is 41.5 Å². The zero-order valence-corrected chi connectivity index (χ0v) is 15.0. The molecule has 1 saturated heterocycles. The van der Waals surface area contributed by atoms with E-state index < -0.39 is 0 Å². The monoisotopic (exact) mass is 358 g/mol. The molecular weight excluding hydrogens is 336 g/mol. The highest BCUT2D eigenvalue weighted by molar-refractivity contribution is 5.94. The zero-order valence-electron chi connectivity index (χ0n) is 15.0. The first-order chi connectivity index (χ1) is 13.2. The summed E-state index contributed by atoms with van der Waals surface area (Å²) >= 11 is 0. The van der Waals surface area contributed by atoms with Crippen molar-refractivity contribution in [1.29, 1.82) is 0 Å². The average Bonchev–Trinajstić information content (AvgIpc) is 3.15. The number of benzene rings is 2. The Morgan fingerprint density at radius 3 is 2.22 bits per heavy atom. The normalized spacial score (nSPS) is 15.4. The van der Waals surface area contributed by atoms with Crippen LogP contribution in [0.5, 0.6) is 0 Å². The van der Waals surface area contributed by atoms with Crippen LogP contribution in [0.2, 0.25) is 0 Å². The number of hydrogen-bond acceptors (Lipinski definition) is 4. The van der Waals surface area contributed by atoms with E-state index in [0.717, 1.165) is 30.5 Å². The molecule has 1 atom stereocenters. The molecule has 1 aliphatic heterocycles. The Morgan fingerprint density at radius 2 is 1.63 bits per heavy atom. The molecule has 0 aromatic heterocycles. The fraction of sp³-hybridized carbons (Fsp3) is 0.227. The third-order valence-electron chi connectivity index (χ3n) is 4.51. The number of nitrogen functional groups attached to an aromatic ring is 1. The van der Waals surface area contributed by atoms with Gasteiger partial charge in [-0.15, -0.1) is 0 Å². The number of amides is 1. The first-order valence-electron chi connectivity index (χ1n) is 8.89. The fourth-order valence-electron chi connectivity index (χ4n) is 3.09. The molecule has 5 nitrogen and oxygen atoms in total. The van der Waals surface area contributed by atoms with Crippen LogP contribution in [0.15, 0.2) is 48.5 Å². The topological polar surface area (TPSA) is 84.4 Å². The highest BCUT2D eigenvalue weighted by Gasteiger charge is 2.28. The molecule has 1 heterocycles. The number of carbonyl (C=O) groups excluding carboxylic acids is 1. The SMILES string of the molecule is NNCC1CCCN1C(=O)c1ccc(C#CC#Cc2ccc(N)cc2)cc1. The molecule has 3 rings (SSSR count). The standard InChI is InChI=1S/C22H22N4O/c23-20-13-9-18(10-14-20)5-2-1-4-17-7-11-19(12-8-17)22(27)26-15-3-6-21(26)16-25-24/h7-14,21,25H,3,6,15-16,23-24H2. The number of anilines is 1. The van der Waals surface area contributed by atoms with E-state index in [1.54, 1.807) is 0 Å². The number of nitrogens with one attached hydrogen (secondary N) is 1. The van der Waals surface area contributed by atoms with E-state index in [4.69, 9.17) is 11.6 Å². The summed E-state index contributed by atoms with van der Waals surface area (Å²) in [4.78, 5) is 14.6. The summed E-state index contributed by atoms with van der Waals surface area (Å²) in [5, 5.41) is 0. The lowest BCUT2D eigenvalue weighted by atomic mass is 10.1. The number of nitrogens with two attached hydrogens (primary N) is 2. The Hall–Kier alpha value is -3.25. The van der Waals surface area contributed by atoms with Gasteiger partial charge in [0.25, 0.3) is 5.91 Å². The van der Waals surface area contributed by atoms with Gasteiger partial charge >= 0.3 is 0 Å². The molecule has 1 fully saturated rings.